The summed E-state index contributed by atoms with van der Waals surface area (Å²) in [7, 11) is 0. The zero-order valence-corrected chi connectivity index (χ0v) is 8.70. The van der Waals surface area contributed by atoms with E-state index in [2.05, 4.69) is 20.8 Å². The van der Waals surface area contributed by atoms with Crippen LogP contribution in [0.3, 0.4) is 0 Å². The van der Waals surface area contributed by atoms with E-state index in [4.69, 9.17) is 4.52 Å². The molecule has 2 atom stereocenters. The van der Waals surface area contributed by atoms with E-state index in [-0.39, 0.29) is 6.04 Å². The quantitative estimate of drug-likeness (QED) is 0.756. The monoisotopic (exact) mass is 208 g/mol. The fourth-order valence-corrected chi connectivity index (χ4v) is 2.33. The van der Waals surface area contributed by atoms with E-state index in [0.29, 0.717) is 6.04 Å². The Morgan fingerprint density at radius 2 is 1.80 bits per heavy atom. The molecule has 0 amide bonds. The average molecular weight is 208 g/mol. The summed E-state index contributed by atoms with van der Waals surface area (Å²) in [5.74, 6) is 1.59. The molecular formula is C10H16N4O. The molecule has 0 aromatic carbocycles. The highest BCUT2D eigenvalue weighted by Crippen LogP contribution is 2.25. The Balaban J connectivity index is 1.74. The highest BCUT2D eigenvalue weighted by atomic mass is 16.5. The second-order valence-electron chi connectivity index (χ2n) is 4.29. The molecule has 2 saturated heterocycles. The minimum Gasteiger partial charge on any atom is -0.338 e. The summed E-state index contributed by atoms with van der Waals surface area (Å²) in [5, 5.41) is 10.8. The molecule has 2 aliphatic rings. The Kier molecular flexibility index (Phi) is 2.42. The van der Waals surface area contributed by atoms with Crippen molar-refractivity contribution in [1.29, 1.82) is 0 Å². The van der Waals surface area contributed by atoms with E-state index in [0.717, 1.165) is 37.6 Å². The number of aromatic nitrogens is 2. The molecule has 1 aromatic heterocycles. The van der Waals surface area contributed by atoms with E-state index in [1.54, 1.807) is 0 Å². The largest absolute Gasteiger partial charge is 0.338 e. The van der Waals surface area contributed by atoms with Crippen LogP contribution in [0.1, 0.15) is 49.5 Å². The summed E-state index contributed by atoms with van der Waals surface area (Å²) in [4.78, 5) is 4.47. The third kappa shape index (κ3) is 1.77. The van der Waals surface area contributed by atoms with Crippen molar-refractivity contribution in [2.24, 2.45) is 0 Å². The van der Waals surface area contributed by atoms with Gasteiger partial charge in [0.05, 0.1) is 12.1 Å². The number of hydrogen-bond donors (Lipinski definition) is 2. The van der Waals surface area contributed by atoms with Crippen LogP contribution in [0.2, 0.25) is 0 Å². The van der Waals surface area contributed by atoms with Gasteiger partial charge in [-0.2, -0.15) is 4.98 Å². The van der Waals surface area contributed by atoms with Gasteiger partial charge in [0.25, 0.3) is 0 Å². The first kappa shape index (κ1) is 9.30. The van der Waals surface area contributed by atoms with Crippen molar-refractivity contribution in [1.82, 2.24) is 20.8 Å². The first-order valence-electron chi connectivity index (χ1n) is 5.74. The first-order chi connectivity index (χ1) is 7.43. The summed E-state index contributed by atoms with van der Waals surface area (Å²) in [6, 6.07) is 0.594. The second kappa shape index (κ2) is 3.90. The Morgan fingerprint density at radius 3 is 2.47 bits per heavy atom. The lowest BCUT2D eigenvalue weighted by atomic mass is 10.2. The van der Waals surface area contributed by atoms with Gasteiger partial charge in [0, 0.05) is 0 Å². The van der Waals surface area contributed by atoms with Crippen LogP contribution in [-0.2, 0) is 0 Å². The van der Waals surface area contributed by atoms with E-state index < -0.39 is 0 Å². The van der Waals surface area contributed by atoms with Crippen molar-refractivity contribution < 1.29 is 4.52 Å². The molecule has 0 bridgehead atoms. The Morgan fingerprint density at radius 1 is 1.07 bits per heavy atom. The maximum Gasteiger partial charge on any atom is 0.243 e. The Labute approximate surface area is 88.6 Å². The molecule has 0 spiro atoms. The molecule has 5 heteroatoms. The maximum atomic E-state index is 5.30. The van der Waals surface area contributed by atoms with Crippen LogP contribution in [0.5, 0.6) is 0 Å². The number of hydrogen-bond acceptors (Lipinski definition) is 5. The molecule has 2 fully saturated rings. The highest BCUT2D eigenvalue weighted by molar-refractivity contribution is 5.00. The van der Waals surface area contributed by atoms with Crippen LogP contribution < -0.4 is 10.6 Å². The van der Waals surface area contributed by atoms with E-state index in [1.807, 2.05) is 0 Å². The van der Waals surface area contributed by atoms with Gasteiger partial charge >= 0.3 is 0 Å². The normalized spacial score (nSPS) is 31.2. The highest BCUT2D eigenvalue weighted by Gasteiger charge is 2.26. The maximum absolute atomic E-state index is 5.30. The van der Waals surface area contributed by atoms with Crippen molar-refractivity contribution in [2.75, 3.05) is 13.1 Å². The number of nitrogens with zero attached hydrogens (tertiary/aromatic N) is 2. The van der Waals surface area contributed by atoms with Crippen LogP contribution in [-0.4, -0.2) is 23.2 Å². The Bertz CT molecular complexity index is 295. The van der Waals surface area contributed by atoms with Gasteiger partial charge in [0.2, 0.25) is 5.89 Å². The molecule has 2 unspecified atom stereocenters. The van der Waals surface area contributed by atoms with Gasteiger partial charge < -0.3 is 15.2 Å². The lowest BCUT2D eigenvalue weighted by molar-refractivity contribution is 0.338. The van der Waals surface area contributed by atoms with Crippen LogP contribution in [0, 0.1) is 0 Å². The average Bonchev–Trinajstić information content (AvgIpc) is 3.02. The lowest BCUT2D eigenvalue weighted by Crippen LogP contribution is -2.15. The number of nitrogens with one attached hydrogen (secondary N) is 2. The second-order valence-corrected chi connectivity index (χ2v) is 4.29. The van der Waals surface area contributed by atoms with Crippen LogP contribution in [0.25, 0.3) is 0 Å². The van der Waals surface area contributed by atoms with Gasteiger partial charge in [-0.3, -0.25) is 0 Å². The summed E-state index contributed by atoms with van der Waals surface area (Å²) in [5.41, 5.74) is 0. The fraction of sp³-hybridized carbons (Fsp3) is 0.800. The molecule has 3 heterocycles. The summed E-state index contributed by atoms with van der Waals surface area (Å²) in [6.45, 7) is 2.13. The minimum atomic E-state index is 0.285. The van der Waals surface area contributed by atoms with Gasteiger partial charge in [-0.25, -0.2) is 0 Å². The molecule has 5 nitrogen and oxygen atoms in total. The topological polar surface area (TPSA) is 63.0 Å². The van der Waals surface area contributed by atoms with Crippen LogP contribution in [0.15, 0.2) is 4.52 Å². The SMILES string of the molecule is C1CNC(c2noc(C3CCCN3)n2)C1. The van der Waals surface area contributed by atoms with Crippen LogP contribution in [0.4, 0.5) is 0 Å². The van der Waals surface area contributed by atoms with E-state index >= 15 is 0 Å². The van der Waals surface area contributed by atoms with Gasteiger partial charge in [0.15, 0.2) is 5.82 Å². The molecule has 2 N–H and O–H groups in total. The molecule has 0 saturated carbocycles. The van der Waals surface area contributed by atoms with Crippen molar-refractivity contribution in [3.8, 4) is 0 Å². The molecule has 15 heavy (non-hydrogen) atoms. The zero-order valence-electron chi connectivity index (χ0n) is 8.70. The van der Waals surface area contributed by atoms with Gasteiger partial charge in [-0.05, 0) is 38.8 Å². The molecule has 2 aliphatic heterocycles. The summed E-state index contributed by atoms with van der Waals surface area (Å²) >= 11 is 0. The lowest BCUT2D eigenvalue weighted by Gasteiger charge is -2.03. The molecule has 3 rings (SSSR count). The Hall–Kier alpha value is -0.940. The summed E-state index contributed by atoms with van der Waals surface area (Å²) < 4.78 is 5.30. The third-order valence-electron chi connectivity index (χ3n) is 3.19. The molecule has 1 aromatic rings. The summed E-state index contributed by atoms with van der Waals surface area (Å²) in [6.07, 6.45) is 4.64. The predicted octanol–water partition coefficient (Wildman–Crippen LogP) is 0.919. The smallest absolute Gasteiger partial charge is 0.243 e. The molecule has 0 aliphatic carbocycles. The van der Waals surface area contributed by atoms with Crippen LogP contribution >= 0.6 is 0 Å². The van der Waals surface area contributed by atoms with Gasteiger partial charge in [0.1, 0.15) is 0 Å². The van der Waals surface area contributed by atoms with Crippen molar-refractivity contribution >= 4 is 0 Å². The zero-order chi connectivity index (χ0) is 10.1. The van der Waals surface area contributed by atoms with Crippen molar-refractivity contribution in [3.63, 3.8) is 0 Å². The van der Waals surface area contributed by atoms with Gasteiger partial charge in [-0.15, -0.1) is 0 Å². The predicted molar refractivity (Wildman–Crippen MR) is 54.3 cm³/mol. The van der Waals surface area contributed by atoms with Gasteiger partial charge in [-0.1, -0.05) is 5.16 Å². The molecule has 82 valence electrons. The van der Waals surface area contributed by atoms with E-state index in [1.165, 1.54) is 12.8 Å². The van der Waals surface area contributed by atoms with Crippen molar-refractivity contribution in [3.05, 3.63) is 11.7 Å². The minimum absolute atomic E-state index is 0.285. The fourth-order valence-electron chi connectivity index (χ4n) is 2.33. The molecular weight excluding hydrogens is 192 g/mol. The number of rotatable bonds is 2. The first-order valence-corrected chi connectivity index (χ1v) is 5.74. The third-order valence-corrected chi connectivity index (χ3v) is 3.19. The van der Waals surface area contributed by atoms with Crippen molar-refractivity contribution in [2.45, 2.75) is 37.8 Å². The van der Waals surface area contributed by atoms with E-state index in [9.17, 15) is 0 Å². The molecule has 0 radical (unpaired) electrons. The standard InChI is InChI=1S/C10H16N4O/c1-3-7(11-5-1)9-13-10(15-14-9)8-4-2-6-12-8/h7-8,11-12H,1-6H2.